The van der Waals surface area contributed by atoms with E-state index in [1.165, 1.54) is 12.1 Å². The van der Waals surface area contributed by atoms with Crippen LogP contribution in [-0.4, -0.2) is 14.2 Å². The zero-order chi connectivity index (χ0) is 14.7. The topological polar surface area (TPSA) is 44.5 Å². The Labute approximate surface area is 122 Å². The maximum absolute atomic E-state index is 13.6. The van der Waals surface area contributed by atoms with E-state index >= 15 is 0 Å². The Morgan fingerprint density at radius 2 is 1.70 bits per heavy atom. The first kappa shape index (κ1) is 14.6. The van der Waals surface area contributed by atoms with Crippen molar-refractivity contribution in [3.63, 3.8) is 0 Å². The van der Waals surface area contributed by atoms with Gasteiger partial charge in [-0.3, -0.25) is 0 Å². The van der Waals surface area contributed by atoms with E-state index < -0.39 is 11.9 Å². The van der Waals surface area contributed by atoms with Crippen LogP contribution in [0.25, 0.3) is 0 Å². The summed E-state index contributed by atoms with van der Waals surface area (Å²) in [4.78, 5) is 0. The SMILES string of the molecule is COc1cccc(OC)c1C(N)c1ccc(Cl)c(F)c1. The largest absolute Gasteiger partial charge is 0.496 e. The minimum Gasteiger partial charge on any atom is -0.496 e. The second kappa shape index (κ2) is 6.11. The number of halogens is 2. The first-order chi connectivity index (χ1) is 9.58. The van der Waals surface area contributed by atoms with E-state index in [4.69, 9.17) is 26.8 Å². The fourth-order valence-electron chi connectivity index (χ4n) is 2.06. The highest BCUT2D eigenvalue weighted by Gasteiger charge is 2.20. The van der Waals surface area contributed by atoms with Crippen LogP contribution in [0.4, 0.5) is 4.39 Å². The molecule has 20 heavy (non-hydrogen) atoms. The fraction of sp³-hybridized carbons (Fsp3) is 0.200. The maximum Gasteiger partial charge on any atom is 0.142 e. The summed E-state index contributed by atoms with van der Waals surface area (Å²) in [7, 11) is 3.10. The molecule has 2 aromatic carbocycles. The average molecular weight is 296 g/mol. The molecule has 3 nitrogen and oxygen atoms in total. The molecule has 0 aliphatic rings. The molecule has 0 aliphatic heterocycles. The van der Waals surface area contributed by atoms with Crippen LogP contribution >= 0.6 is 11.6 Å². The second-order valence-electron chi connectivity index (χ2n) is 4.23. The third-order valence-electron chi connectivity index (χ3n) is 3.08. The lowest BCUT2D eigenvalue weighted by Crippen LogP contribution is -2.14. The van der Waals surface area contributed by atoms with Crippen molar-refractivity contribution in [3.8, 4) is 11.5 Å². The zero-order valence-electron chi connectivity index (χ0n) is 11.2. The van der Waals surface area contributed by atoms with Gasteiger partial charge in [0.15, 0.2) is 0 Å². The van der Waals surface area contributed by atoms with Crippen LogP contribution in [-0.2, 0) is 0 Å². The van der Waals surface area contributed by atoms with Gasteiger partial charge in [-0.05, 0) is 29.8 Å². The molecule has 0 saturated carbocycles. The maximum atomic E-state index is 13.6. The Balaban J connectivity index is 2.51. The number of benzene rings is 2. The number of rotatable bonds is 4. The third-order valence-corrected chi connectivity index (χ3v) is 3.39. The highest BCUT2D eigenvalue weighted by molar-refractivity contribution is 6.30. The molecule has 0 aromatic heterocycles. The highest BCUT2D eigenvalue weighted by atomic mass is 35.5. The van der Waals surface area contributed by atoms with Crippen LogP contribution in [0.2, 0.25) is 5.02 Å². The molecule has 1 unspecified atom stereocenters. The van der Waals surface area contributed by atoms with Crippen LogP contribution < -0.4 is 15.2 Å². The molecule has 0 amide bonds. The Hall–Kier alpha value is -1.78. The van der Waals surface area contributed by atoms with Gasteiger partial charge in [0.05, 0.1) is 30.8 Å². The molecule has 1 atom stereocenters. The standard InChI is InChI=1S/C15H15ClFNO2/c1-19-12-4-3-5-13(20-2)14(12)15(18)9-6-7-10(16)11(17)8-9/h3-8,15H,18H2,1-2H3. The summed E-state index contributed by atoms with van der Waals surface area (Å²) < 4.78 is 24.2. The minimum atomic E-state index is -0.576. The van der Waals surface area contributed by atoms with Crippen molar-refractivity contribution in [1.82, 2.24) is 0 Å². The summed E-state index contributed by atoms with van der Waals surface area (Å²) in [5, 5.41) is 0.0629. The van der Waals surface area contributed by atoms with Crippen molar-refractivity contribution in [2.24, 2.45) is 5.73 Å². The molecule has 0 saturated heterocycles. The first-order valence-corrected chi connectivity index (χ1v) is 6.37. The normalized spacial score (nSPS) is 12.1. The summed E-state index contributed by atoms with van der Waals surface area (Å²) >= 11 is 5.68. The Morgan fingerprint density at radius 1 is 1.10 bits per heavy atom. The van der Waals surface area contributed by atoms with Crippen molar-refractivity contribution in [3.05, 3.63) is 58.4 Å². The second-order valence-corrected chi connectivity index (χ2v) is 4.63. The van der Waals surface area contributed by atoms with Crippen LogP contribution in [0.15, 0.2) is 36.4 Å². The van der Waals surface area contributed by atoms with Gasteiger partial charge in [-0.1, -0.05) is 23.7 Å². The molecular formula is C15H15ClFNO2. The summed E-state index contributed by atoms with van der Waals surface area (Å²) in [5.74, 6) is 0.674. The predicted molar refractivity (Wildman–Crippen MR) is 77.0 cm³/mol. The van der Waals surface area contributed by atoms with E-state index in [0.29, 0.717) is 22.6 Å². The summed E-state index contributed by atoms with van der Waals surface area (Å²) in [6, 6.07) is 9.27. The summed E-state index contributed by atoms with van der Waals surface area (Å²) in [6.07, 6.45) is 0. The molecule has 5 heteroatoms. The average Bonchev–Trinajstić information content (AvgIpc) is 2.48. The van der Waals surface area contributed by atoms with Gasteiger partial charge in [0.1, 0.15) is 17.3 Å². The third kappa shape index (κ3) is 2.71. The van der Waals surface area contributed by atoms with Crippen molar-refractivity contribution in [2.45, 2.75) is 6.04 Å². The molecule has 0 heterocycles. The van der Waals surface area contributed by atoms with Crippen LogP contribution in [0.1, 0.15) is 17.2 Å². The summed E-state index contributed by atoms with van der Waals surface area (Å²) in [6.45, 7) is 0. The quantitative estimate of drug-likeness (QED) is 0.938. The smallest absolute Gasteiger partial charge is 0.142 e. The zero-order valence-corrected chi connectivity index (χ0v) is 11.9. The molecular weight excluding hydrogens is 281 g/mol. The van der Waals surface area contributed by atoms with Crippen molar-refractivity contribution in [2.75, 3.05) is 14.2 Å². The lowest BCUT2D eigenvalue weighted by Gasteiger charge is -2.19. The van der Waals surface area contributed by atoms with Gasteiger partial charge in [-0.2, -0.15) is 0 Å². The molecule has 0 fully saturated rings. The number of nitrogens with two attached hydrogens (primary N) is 1. The van der Waals surface area contributed by atoms with Gasteiger partial charge >= 0.3 is 0 Å². The van der Waals surface area contributed by atoms with E-state index in [-0.39, 0.29) is 5.02 Å². The fourth-order valence-corrected chi connectivity index (χ4v) is 2.18. The molecule has 0 aliphatic carbocycles. The molecule has 2 aromatic rings. The van der Waals surface area contributed by atoms with Gasteiger partial charge < -0.3 is 15.2 Å². The molecule has 0 bridgehead atoms. The number of methoxy groups -OCH3 is 2. The van der Waals surface area contributed by atoms with Crippen LogP contribution in [0, 0.1) is 5.82 Å². The molecule has 106 valence electrons. The van der Waals surface area contributed by atoms with Gasteiger partial charge in [-0.15, -0.1) is 0 Å². The lowest BCUT2D eigenvalue weighted by atomic mass is 9.97. The van der Waals surface area contributed by atoms with Crippen molar-refractivity contribution in [1.29, 1.82) is 0 Å². The van der Waals surface area contributed by atoms with E-state index in [9.17, 15) is 4.39 Å². The van der Waals surface area contributed by atoms with Crippen LogP contribution in [0.3, 0.4) is 0 Å². The van der Waals surface area contributed by atoms with E-state index in [1.54, 1.807) is 38.5 Å². The molecule has 2 N–H and O–H groups in total. The first-order valence-electron chi connectivity index (χ1n) is 6.00. The van der Waals surface area contributed by atoms with Gasteiger partial charge in [0.2, 0.25) is 0 Å². The Kier molecular flexibility index (Phi) is 4.47. The predicted octanol–water partition coefficient (Wildman–Crippen LogP) is 3.54. The lowest BCUT2D eigenvalue weighted by molar-refractivity contribution is 0.382. The van der Waals surface area contributed by atoms with Gasteiger partial charge in [0.25, 0.3) is 0 Å². The van der Waals surface area contributed by atoms with E-state index in [0.717, 1.165) is 0 Å². The van der Waals surface area contributed by atoms with Gasteiger partial charge in [0, 0.05) is 0 Å². The number of ether oxygens (including phenoxy) is 2. The molecule has 0 radical (unpaired) electrons. The Bertz CT molecular complexity index is 597. The number of hydrogen-bond donors (Lipinski definition) is 1. The Morgan fingerprint density at radius 3 is 2.20 bits per heavy atom. The van der Waals surface area contributed by atoms with Crippen LogP contribution in [0.5, 0.6) is 11.5 Å². The summed E-state index contributed by atoms with van der Waals surface area (Å²) in [5.41, 5.74) is 7.48. The molecule has 2 rings (SSSR count). The van der Waals surface area contributed by atoms with Crippen molar-refractivity contribution < 1.29 is 13.9 Å². The van der Waals surface area contributed by atoms with Gasteiger partial charge in [-0.25, -0.2) is 4.39 Å². The van der Waals surface area contributed by atoms with E-state index in [2.05, 4.69) is 0 Å². The minimum absolute atomic E-state index is 0.0629. The monoisotopic (exact) mass is 295 g/mol. The number of hydrogen-bond acceptors (Lipinski definition) is 3. The highest BCUT2D eigenvalue weighted by Crippen LogP contribution is 2.36. The van der Waals surface area contributed by atoms with Crippen molar-refractivity contribution >= 4 is 11.6 Å². The molecule has 0 spiro atoms. The van der Waals surface area contributed by atoms with E-state index in [1.807, 2.05) is 0 Å².